The van der Waals surface area contributed by atoms with Crippen LogP contribution in [-0.2, 0) is 9.53 Å². The van der Waals surface area contributed by atoms with Crippen molar-refractivity contribution in [2.75, 3.05) is 6.61 Å². The van der Waals surface area contributed by atoms with Gasteiger partial charge in [-0.05, 0) is 19.4 Å². The van der Waals surface area contributed by atoms with Gasteiger partial charge in [-0.1, -0.05) is 6.58 Å². The van der Waals surface area contributed by atoms with Crippen molar-refractivity contribution in [2.24, 2.45) is 5.73 Å². The summed E-state index contributed by atoms with van der Waals surface area (Å²) in [5, 5.41) is 0. The summed E-state index contributed by atoms with van der Waals surface area (Å²) in [4.78, 5) is 10.7. The maximum atomic E-state index is 10.7. The molecule has 0 heterocycles. The van der Waals surface area contributed by atoms with Crippen molar-refractivity contribution in [3.05, 3.63) is 12.2 Å². The van der Waals surface area contributed by atoms with Crippen molar-refractivity contribution in [2.45, 2.75) is 19.9 Å². The van der Waals surface area contributed by atoms with Crippen LogP contribution in [0.1, 0.15) is 13.8 Å². The third kappa shape index (κ3) is 4.09. The fraction of sp³-hybridized carbons (Fsp3) is 0.571. The number of hydrogen-bond acceptors (Lipinski definition) is 3. The highest BCUT2D eigenvalue weighted by atomic mass is 16.5. The number of rotatable bonds is 3. The monoisotopic (exact) mass is 143 g/mol. The average Bonchev–Trinajstić information content (AvgIpc) is 1.82. The summed E-state index contributed by atoms with van der Waals surface area (Å²) in [6.45, 7) is 7.20. The number of ether oxygens (including phenoxy) is 1. The summed E-state index contributed by atoms with van der Waals surface area (Å²) < 4.78 is 4.70. The van der Waals surface area contributed by atoms with Crippen molar-refractivity contribution >= 4 is 5.97 Å². The second-order valence-electron chi connectivity index (χ2n) is 2.35. The molecule has 0 aromatic rings. The molecule has 58 valence electrons. The molecular weight excluding hydrogens is 130 g/mol. The molecule has 0 aromatic carbocycles. The molecule has 0 saturated heterocycles. The molecule has 0 aliphatic carbocycles. The van der Waals surface area contributed by atoms with E-state index in [9.17, 15) is 4.79 Å². The first-order chi connectivity index (χ1) is 4.54. The van der Waals surface area contributed by atoms with Crippen LogP contribution in [0.25, 0.3) is 0 Å². The summed E-state index contributed by atoms with van der Waals surface area (Å²) >= 11 is 0. The highest BCUT2D eigenvalue weighted by Gasteiger charge is 2.07. The fourth-order valence-corrected chi connectivity index (χ4v) is 0.326. The van der Waals surface area contributed by atoms with Gasteiger partial charge in [0.25, 0.3) is 0 Å². The largest absolute Gasteiger partial charge is 0.460 e. The SMILES string of the molecule is C=C(C)COC(=O)C(C)N. The molecule has 0 rings (SSSR count). The van der Waals surface area contributed by atoms with Gasteiger partial charge in [0, 0.05) is 0 Å². The van der Waals surface area contributed by atoms with Crippen LogP contribution in [0.15, 0.2) is 12.2 Å². The van der Waals surface area contributed by atoms with Gasteiger partial charge in [-0.2, -0.15) is 0 Å². The van der Waals surface area contributed by atoms with Gasteiger partial charge in [-0.3, -0.25) is 4.79 Å². The van der Waals surface area contributed by atoms with Crippen molar-refractivity contribution < 1.29 is 9.53 Å². The van der Waals surface area contributed by atoms with Gasteiger partial charge in [0.05, 0.1) is 0 Å². The normalized spacial score (nSPS) is 12.3. The van der Waals surface area contributed by atoms with Gasteiger partial charge < -0.3 is 10.5 Å². The molecule has 3 nitrogen and oxygen atoms in total. The molecule has 10 heavy (non-hydrogen) atoms. The van der Waals surface area contributed by atoms with E-state index in [0.717, 1.165) is 5.57 Å². The standard InChI is InChI=1S/C7H13NO2/c1-5(2)4-10-7(9)6(3)8/h6H,1,4,8H2,2-3H3. The van der Waals surface area contributed by atoms with Crippen LogP contribution in [0.3, 0.4) is 0 Å². The molecule has 0 aliphatic rings. The molecule has 0 aromatic heterocycles. The molecular formula is C7H13NO2. The van der Waals surface area contributed by atoms with Crippen molar-refractivity contribution in [3.8, 4) is 0 Å². The number of nitrogens with two attached hydrogens (primary N) is 1. The van der Waals surface area contributed by atoms with E-state index >= 15 is 0 Å². The van der Waals surface area contributed by atoms with Gasteiger partial charge in [-0.25, -0.2) is 0 Å². The Kier molecular flexibility index (Phi) is 3.72. The Morgan fingerprint density at radius 3 is 2.60 bits per heavy atom. The lowest BCUT2D eigenvalue weighted by atomic mass is 10.3. The van der Waals surface area contributed by atoms with Crippen LogP contribution < -0.4 is 5.73 Å². The maximum Gasteiger partial charge on any atom is 0.322 e. The van der Waals surface area contributed by atoms with Gasteiger partial charge >= 0.3 is 5.97 Å². The van der Waals surface area contributed by atoms with Crippen LogP contribution in [0.4, 0.5) is 0 Å². The van der Waals surface area contributed by atoms with Crippen LogP contribution in [0.5, 0.6) is 0 Å². The van der Waals surface area contributed by atoms with Crippen LogP contribution in [0.2, 0.25) is 0 Å². The summed E-state index contributed by atoms with van der Waals surface area (Å²) in [7, 11) is 0. The first kappa shape index (κ1) is 9.17. The molecule has 0 aliphatic heterocycles. The second-order valence-corrected chi connectivity index (χ2v) is 2.35. The summed E-state index contributed by atoms with van der Waals surface area (Å²) in [6.07, 6.45) is 0. The van der Waals surface area contributed by atoms with E-state index in [0.29, 0.717) is 0 Å². The van der Waals surface area contributed by atoms with E-state index in [2.05, 4.69) is 6.58 Å². The number of hydrogen-bond donors (Lipinski definition) is 1. The number of esters is 1. The van der Waals surface area contributed by atoms with Gasteiger partial charge in [0.2, 0.25) is 0 Å². The zero-order valence-corrected chi connectivity index (χ0v) is 6.39. The smallest absolute Gasteiger partial charge is 0.322 e. The summed E-state index contributed by atoms with van der Waals surface area (Å²) in [5.74, 6) is -0.386. The number of carbonyl (C=O) groups is 1. The Labute approximate surface area is 60.9 Å². The Hall–Kier alpha value is -0.830. The van der Waals surface area contributed by atoms with Gasteiger partial charge in [-0.15, -0.1) is 0 Å². The number of carbonyl (C=O) groups excluding carboxylic acids is 1. The lowest BCUT2D eigenvalue weighted by Crippen LogP contribution is -2.29. The lowest BCUT2D eigenvalue weighted by Gasteiger charge is -2.05. The molecule has 0 radical (unpaired) electrons. The molecule has 1 unspecified atom stereocenters. The molecule has 0 fully saturated rings. The molecule has 3 heteroatoms. The molecule has 1 atom stereocenters. The predicted molar refractivity (Wildman–Crippen MR) is 39.4 cm³/mol. The topological polar surface area (TPSA) is 52.3 Å². The van der Waals surface area contributed by atoms with Crippen LogP contribution >= 0.6 is 0 Å². The minimum atomic E-state index is -0.542. The van der Waals surface area contributed by atoms with Crippen LogP contribution in [-0.4, -0.2) is 18.6 Å². The average molecular weight is 143 g/mol. The Bertz CT molecular complexity index is 141. The van der Waals surface area contributed by atoms with Gasteiger partial charge in [0.1, 0.15) is 12.6 Å². The Morgan fingerprint density at radius 1 is 1.80 bits per heavy atom. The highest BCUT2D eigenvalue weighted by molar-refractivity contribution is 5.74. The van der Waals surface area contributed by atoms with Gasteiger partial charge in [0.15, 0.2) is 0 Å². The van der Waals surface area contributed by atoms with E-state index in [1.807, 2.05) is 0 Å². The Morgan fingerprint density at radius 2 is 2.30 bits per heavy atom. The zero-order valence-electron chi connectivity index (χ0n) is 6.39. The fourth-order valence-electron chi connectivity index (χ4n) is 0.326. The summed E-state index contributed by atoms with van der Waals surface area (Å²) in [6, 6.07) is -0.542. The predicted octanol–water partition coefficient (Wildman–Crippen LogP) is 0.453. The van der Waals surface area contributed by atoms with Crippen molar-refractivity contribution in [1.82, 2.24) is 0 Å². The van der Waals surface area contributed by atoms with E-state index in [1.54, 1.807) is 13.8 Å². The summed E-state index contributed by atoms with van der Waals surface area (Å²) in [5.41, 5.74) is 6.03. The first-order valence-corrected chi connectivity index (χ1v) is 3.10. The van der Waals surface area contributed by atoms with E-state index in [4.69, 9.17) is 10.5 Å². The van der Waals surface area contributed by atoms with Crippen molar-refractivity contribution in [3.63, 3.8) is 0 Å². The molecule has 0 bridgehead atoms. The first-order valence-electron chi connectivity index (χ1n) is 3.10. The van der Waals surface area contributed by atoms with E-state index < -0.39 is 6.04 Å². The zero-order chi connectivity index (χ0) is 8.15. The molecule has 0 amide bonds. The molecule has 0 spiro atoms. The van der Waals surface area contributed by atoms with E-state index in [1.165, 1.54) is 0 Å². The molecule has 2 N–H and O–H groups in total. The third-order valence-electron chi connectivity index (χ3n) is 0.833. The quantitative estimate of drug-likeness (QED) is 0.461. The lowest BCUT2D eigenvalue weighted by molar-refractivity contribution is -0.143. The highest BCUT2D eigenvalue weighted by Crippen LogP contribution is 1.90. The van der Waals surface area contributed by atoms with E-state index in [-0.39, 0.29) is 12.6 Å². The maximum absolute atomic E-state index is 10.7. The van der Waals surface area contributed by atoms with Crippen LogP contribution in [0, 0.1) is 0 Å². The Balaban J connectivity index is 3.50. The van der Waals surface area contributed by atoms with Crippen molar-refractivity contribution in [1.29, 1.82) is 0 Å². The third-order valence-corrected chi connectivity index (χ3v) is 0.833. The second kappa shape index (κ2) is 4.06. The molecule has 0 saturated carbocycles. The minimum absolute atomic E-state index is 0.264. The minimum Gasteiger partial charge on any atom is -0.460 e.